The molecule has 5 heteroatoms. The Bertz CT molecular complexity index is 463. The summed E-state index contributed by atoms with van der Waals surface area (Å²) < 4.78 is 13.4. The first kappa shape index (κ1) is 20.4. The highest BCUT2D eigenvalue weighted by molar-refractivity contribution is 4.93. The third kappa shape index (κ3) is 8.32. The van der Waals surface area contributed by atoms with Gasteiger partial charge in [0.05, 0.1) is 18.9 Å². The van der Waals surface area contributed by atoms with Crippen molar-refractivity contribution in [1.82, 2.24) is 15.0 Å². The van der Waals surface area contributed by atoms with Gasteiger partial charge in [-0.2, -0.15) is 0 Å². The SMILES string of the molecule is CCCCCCCCCCn1cc(CCC2COC(C)(C)OC2)nn1. The Morgan fingerprint density at radius 1 is 1.04 bits per heavy atom. The zero-order valence-corrected chi connectivity index (χ0v) is 16.5. The van der Waals surface area contributed by atoms with Crippen LogP contribution in [0.4, 0.5) is 0 Å². The Morgan fingerprint density at radius 2 is 1.68 bits per heavy atom. The van der Waals surface area contributed by atoms with E-state index in [-0.39, 0.29) is 0 Å². The minimum atomic E-state index is -0.421. The summed E-state index contributed by atoms with van der Waals surface area (Å²) in [6, 6.07) is 0. The summed E-state index contributed by atoms with van der Waals surface area (Å²) in [4.78, 5) is 0. The second-order valence-corrected chi connectivity index (χ2v) is 7.87. The molecular formula is C20H37N3O2. The van der Waals surface area contributed by atoms with E-state index in [1.54, 1.807) is 0 Å². The average Bonchev–Trinajstić information content (AvgIpc) is 3.04. The molecule has 0 bridgehead atoms. The minimum Gasteiger partial charge on any atom is -0.350 e. The second-order valence-electron chi connectivity index (χ2n) is 7.87. The normalized spacial score (nSPS) is 17.9. The van der Waals surface area contributed by atoms with Crippen LogP contribution in [-0.4, -0.2) is 34.0 Å². The Hall–Kier alpha value is -0.940. The predicted octanol–water partition coefficient (Wildman–Crippen LogP) is 4.75. The number of aryl methyl sites for hydroxylation is 2. The number of aromatic nitrogens is 3. The minimum absolute atomic E-state index is 0.421. The number of rotatable bonds is 12. The first-order valence-corrected chi connectivity index (χ1v) is 10.3. The average molecular weight is 352 g/mol. The summed E-state index contributed by atoms with van der Waals surface area (Å²) in [6.45, 7) is 8.76. The summed E-state index contributed by atoms with van der Waals surface area (Å²) in [7, 11) is 0. The molecule has 0 saturated carbocycles. The van der Waals surface area contributed by atoms with Crippen LogP contribution >= 0.6 is 0 Å². The standard InChI is InChI=1S/C20H37N3O2/c1-4-5-6-7-8-9-10-11-14-23-15-19(21-22-23)13-12-18-16-24-20(2,3)25-17-18/h15,18H,4-14,16-17H2,1-3H3. The highest BCUT2D eigenvalue weighted by Gasteiger charge is 2.28. The van der Waals surface area contributed by atoms with Crippen LogP contribution in [0.5, 0.6) is 0 Å². The maximum atomic E-state index is 5.71. The van der Waals surface area contributed by atoms with E-state index in [0.717, 1.165) is 38.3 Å². The van der Waals surface area contributed by atoms with Crippen molar-refractivity contribution in [2.75, 3.05) is 13.2 Å². The quantitative estimate of drug-likeness (QED) is 0.510. The molecule has 1 aliphatic rings. The van der Waals surface area contributed by atoms with E-state index in [2.05, 4.69) is 23.4 Å². The maximum Gasteiger partial charge on any atom is 0.162 e. The molecule has 1 aromatic rings. The van der Waals surface area contributed by atoms with E-state index >= 15 is 0 Å². The number of ether oxygens (including phenoxy) is 2. The van der Waals surface area contributed by atoms with Crippen LogP contribution in [0.1, 0.15) is 84.3 Å². The van der Waals surface area contributed by atoms with Crippen molar-refractivity contribution in [2.24, 2.45) is 5.92 Å². The smallest absolute Gasteiger partial charge is 0.162 e. The number of hydrogen-bond acceptors (Lipinski definition) is 4. The lowest BCUT2D eigenvalue weighted by Crippen LogP contribution is -2.39. The van der Waals surface area contributed by atoms with Crippen LogP contribution in [0, 0.1) is 5.92 Å². The van der Waals surface area contributed by atoms with Crippen molar-refractivity contribution < 1.29 is 9.47 Å². The molecule has 0 aromatic carbocycles. The van der Waals surface area contributed by atoms with E-state index in [9.17, 15) is 0 Å². The summed E-state index contributed by atoms with van der Waals surface area (Å²) in [6.07, 6.45) is 14.9. The van der Waals surface area contributed by atoms with Gasteiger partial charge < -0.3 is 9.47 Å². The van der Waals surface area contributed by atoms with Gasteiger partial charge in [0, 0.05) is 18.7 Å². The zero-order valence-electron chi connectivity index (χ0n) is 16.5. The molecule has 0 spiro atoms. The number of hydrogen-bond donors (Lipinski definition) is 0. The topological polar surface area (TPSA) is 49.2 Å². The maximum absolute atomic E-state index is 5.71. The van der Waals surface area contributed by atoms with Crippen LogP contribution in [0.2, 0.25) is 0 Å². The second kappa shape index (κ2) is 10.9. The molecule has 144 valence electrons. The van der Waals surface area contributed by atoms with Gasteiger partial charge in [0.15, 0.2) is 5.79 Å². The van der Waals surface area contributed by atoms with Gasteiger partial charge in [-0.3, -0.25) is 4.68 Å². The fourth-order valence-electron chi connectivity index (χ4n) is 3.22. The molecule has 0 aliphatic carbocycles. The van der Waals surface area contributed by atoms with Gasteiger partial charge in [-0.05, 0) is 33.1 Å². The lowest BCUT2D eigenvalue weighted by molar-refractivity contribution is -0.262. The van der Waals surface area contributed by atoms with Gasteiger partial charge in [-0.25, -0.2) is 0 Å². The van der Waals surface area contributed by atoms with Crippen LogP contribution in [0.25, 0.3) is 0 Å². The summed E-state index contributed by atoms with van der Waals surface area (Å²) >= 11 is 0. The van der Waals surface area contributed by atoms with Gasteiger partial charge in [0.2, 0.25) is 0 Å². The van der Waals surface area contributed by atoms with E-state index in [4.69, 9.17) is 9.47 Å². The Morgan fingerprint density at radius 3 is 2.36 bits per heavy atom. The predicted molar refractivity (Wildman–Crippen MR) is 100 cm³/mol. The van der Waals surface area contributed by atoms with Gasteiger partial charge in [-0.15, -0.1) is 5.10 Å². The summed E-state index contributed by atoms with van der Waals surface area (Å²) in [5, 5.41) is 8.57. The molecule has 0 unspecified atom stereocenters. The van der Waals surface area contributed by atoms with E-state index in [1.807, 2.05) is 18.5 Å². The van der Waals surface area contributed by atoms with Gasteiger partial charge >= 0.3 is 0 Å². The fraction of sp³-hybridized carbons (Fsp3) is 0.900. The van der Waals surface area contributed by atoms with Crippen molar-refractivity contribution in [2.45, 2.75) is 97.3 Å². The van der Waals surface area contributed by atoms with Crippen molar-refractivity contribution >= 4 is 0 Å². The molecule has 0 amide bonds. The highest BCUT2D eigenvalue weighted by atomic mass is 16.7. The third-order valence-electron chi connectivity index (χ3n) is 4.97. The van der Waals surface area contributed by atoms with Crippen LogP contribution in [0.3, 0.4) is 0 Å². The van der Waals surface area contributed by atoms with Crippen LogP contribution < -0.4 is 0 Å². The Labute approximate surface area is 153 Å². The molecule has 0 atom stereocenters. The van der Waals surface area contributed by atoms with Gasteiger partial charge in [0.25, 0.3) is 0 Å². The molecule has 1 saturated heterocycles. The van der Waals surface area contributed by atoms with E-state index in [0.29, 0.717) is 5.92 Å². The first-order chi connectivity index (χ1) is 12.1. The summed E-state index contributed by atoms with van der Waals surface area (Å²) in [5.41, 5.74) is 1.09. The van der Waals surface area contributed by atoms with Gasteiger partial charge in [0.1, 0.15) is 0 Å². The van der Waals surface area contributed by atoms with E-state index in [1.165, 1.54) is 51.4 Å². The van der Waals surface area contributed by atoms with Crippen molar-refractivity contribution in [3.05, 3.63) is 11.9 Å². The lowest BCUT2D eigenvalue weighted by Gasteiger charge is -2.34. The highest BCUT2D eigenvalue weighted by Crippen LogP contribution is 2.23. The lowest BCUT2D eigenvalue weighted by atomic mass is 10.0. The zero-order chi connectivity index (χ0) is 18.0. The van der Waals surface area contributed by atoms with Crippen molar-refractivity contribution in [3.63, 3.8) is 0 Å². The molecule has 1 fully saturated rings. The Balaban J connectivity index is 1.53. The van der Waals surface area contributed by atoms with Crippen molar-refractivity contribution in [1.29, 1.82) is 0 Å². The van der Waals surface area contributed by atoms with Crippen LogP contribution in [-0.2, 0) is 22.4 Å². The first-order valence-electron chi connectivity index (χ1n) is 10.3. The Kier molecular flexibility index (Phi) is 8.90. The molecule has 2 rings (SSSR count). The number of unbranched alkanes of at least 4 members (excludes halogenated alkanes) is 7. The molecule has 1 aliphatic heterocycles. The molecule has 5 nitrogen and oxygen atoms in total. The molecule has 2 heterocycles. The largest absolute Gasteiger partial charge is 0.350 e. The summed E-state index contributed by atoms with van der Waals surface area (Å²) in [5.74, 6) is 0.0428. The molecule has 1 aromatic heterocycles. The fourth-order valence-corrected chi connectivity index (χ4v) is 3.22. The molecule has 25 heavy (non-hydrogen) atoms. The molecule has 0 N–H and O–H groups in total. The molecule has 0 radical (unpaired) electrons. The monoisotopic (exact) mass is 351 g/mol. The van der Waals surface area contributed by atoms with E-state index < -0.39 is 5.79 Å². The van der Waals surface area contributed by atoms with Crippen molar-refractivity contribution in [3.8, 4) is 0 Å². The number of nitrogens with zero attached hydrogens (tertiary/aromatic N) is 3. The third-order valence-corrected chi connectivity index (χ3v) is 4.97. The van der Waals surface area contributed by atoms with Crippen LogP contribution in [0.15, 0.2) is 6.20 Å². The molecular weight excluding hydrogens is 314 g/mol. The van der Waals surface area contributed by atoms with Gasteiger partial charge in [-0.1, -0.05) is 57.1 Å².